The lowest BCUT2D eigenvalue weighted by Gasteiger charge is -1.99. The Morgan fingerprint density at radius 3 is 2.75 bits per heavy atom. The molecule has 2 heterocycles. The predicted octanol–water partition coefficient (Wildman–Crippen LogP) is 1.43. The van der Waals surface area contributed by atoms with Crippen LogP contribution in [0.25, 0.3) is 0 Å². The van der Waals surface area contributed by atoms with E-state index in [0.29, 0.717) is 11.7 Å². The first kappa shape index (κ1) is 14.2. The second kappa shape index (κ2) is 5.83. The molecule has 0 unspecified atom stereocenters. The number of carbonyl (C=O) groups excluding carboxylic acids is 1. The Labute approximate surface area is 119 Å². The van der Waals surface area contributed by atoms with Crippen molar-refractivity contribution in [2.45, 2.75) is 13.3 Å². The van der Waals surface area contributed by atoms with Gasteiger partial charge in [0.15, 0.2) is 16.6 Å². The van der Waals surface area contributed by atoms with Crippen molar-refractivity contribution in [3.05, 3.63) is 28.5 Å². The van der Waals surface area contributed by atoms with Gasteiger partial charge in [-0.2, -0.15) is 5.10 Å². The molecule has 2 rings (SSSR count). The van der Waals surface area contributed by atoms with Crippen LogP contribution in [0.4, 0.5) is 5.13 Å². The third-order valence-corrected chi connectivity index (χ3v) is 3.71. The molecule has 0 aliphatic heterocycles. The molecule has 2 aromatic heterocycles. The van der Waals surface area contributed by atoms with Crippen molar-refractivity contribution in [2.75, 3.05) is 11.9 Å². The monoisotopic (exact) mass is 294 g/mol. The lowest BCUT2D eigenvalue weighted by atomic mass is 10.2. The summed E-state index contributed by atoms with van der Waals surface area (Å²) in [5.41, 5.74) is 0.883. The summed E-state index contributed by atoms with van der Waals surface area (Å²) in [6.07, 6.45) is 4.42. The van der Waals surface area contributed by atoms with E-state index in [0.717, 1.165) is 23.3 Å². The Kier molecular flexibility index (Phi) is 4.14. The highest BCUT2D eigenvalue weighted by atomic mass is 32.1. The number of aryl methyl sites for hydroxylation is 1. The molecule has 0 bridgehead atoms. The van der Waals surface area contributed by atoms with Gasteiger partial charge in [0, 0.05) is 26.7 Å². The molecule has 106 valence electrons. The van der Waals surface area contributed by atoms with E-state index in [1.165, 1.54) is 6.92 Å². The zero-order valence-corrected chi connectivity index (χ0v) is 11.9. The topological polar surface area (TPSA) is 97.1 Å². The number of aromatic nitrogens is 3. The molecule has 0 atom stereocenters. The number of thiazole rings is 1. The van der Waals surface area contributed by atoms with Crippen LogP contribution in [-0.2, 0) is 13.5 Å². The first-order chi connectivity index (χ1) is 9.47. The number of nitrogens with zero attached hydrogens (tertiary/aromatic N) is 3. The lowest BCUT2D eigenvalue weighted by molar-refractivity contribution is 0.0687. The van der Waals surface area contributed by atoms with Crippen LogP contribution in [0, 0.1) is 0 Å². The lowest BCUT2D eigenvalue weighted by Crippen LogP contribution is -2.06. The molecule has 0 aliphatic carbocycles. The molecular formula is C12H14N4O3S. The number of carbonyl (C=O) groups is 2. The minimum atomic E-state index is -1.19. The molecule has 0 saturated heterocycles. The van der Waals surface area contributed by atoms with Gasteiger partial charge < -0.3 is 10.4 Å². The fourth-order valence-corrected chi connectivity index (χ4v) is 2.57. The van der Waals surface area contributed by atoms with Gasteiger partial charge in [-0.1, -0.05) is 11.3 Å². The van der Waals surface area contributed by atoms with E-state index in [2.05, 4.69) is 15.4 Å². The maximum Gasteiger partial charge on any atom is 0.356 e. The number of ketones is 1. The van der Waals surface area contributed by atoms with Crippen molar-refractivity contribution in [3.8, 4) is 0 Å². The first-order valence-electron chi connectivity index (χ1n) is 5.94. The minimum Gasteiger partial charge on any atom is -0.476 e. The van der Waals surface area contributed by atoms with Crippen LogP contribution in [-0.4, -0.2) is 38.2 Å². The Hall–Kier alpha value is -2.22. The molecule has 0 amide bonds. The summed E-state index contributed by atoms with van der Waals surface area (Å²) in [6, 6.07) is 0. The molecular weight excluding hydrogens is 280 g/mol. The number of anilines is 1. The number of aromatic carboxylic acids is 1. The smallest absolute Gasteiger partial charge is 0.356 e. The van der Waals surface area contributed by atoms with Crippen molar-refractivity contribution in [1.82, 2.24) is 14.8 Å². The van der Waals surface area contributed by atoms with Crippen LogP contribution in [0.1, 0.15) is 32.6 Å². The molecule has 0 saturated carbocycles. The van der Waals surface area contributed by atoms with Crippen molar-refractivity contribution in [3.63, 3.8) is 0 Å². The predicted molar refractivity (Wildman–Crippen MR) is 74.5 cm³/mol. The summed E-state index contributed by atoms with van der Waals surface area (Å²) in [7, 11) is 1.84. The SMILES string of the molecule is CC(=O)c1sc(NCCc2cnn(C)c2)nc1C(=O)O. The summed E-state index contributed by atoms with van der Waals surface area (Å²) in [5, 5.41) is 16.5. The minimum absolute atomic E-state index is 0.168. The van der Waals surface area contributed by atoms with Crippen LogP contribution in [0.2, 0.25) is 0 Å². The maximum absolute atomic E-state index is 11.4. The average molecular weight is 294 g/mol. The molecule has 7 nitrogen and oxygen atoms in total. The highest BCUT2D eigenvalue weighted by Crippen LogP contribution is 2.23. The molecule has 0 aliphatic rings. The summed E-state index contributed by atoms with van der Waals surface area (Å²) >= 11 is 1.06. The normalized spacial score (nSPS) is 10.5. The second-order valence-corrected chi connectivity index (χ2v) is 5.26. The Morgan fingerprint density at radius 1 is 1.50 bits per heavy atom. The van der Waals surface area contributed by atoms with Crippen molar-refractivity contribution in [2.24, 2.45) is 7.05 Å². The fraction of sp³-hybridized carbons (Fsp3) is 0.333. The maximum atomic E-state index is 11.4. The zero-order valence-electron chi connectivity index (χ0n) is 11.1. The summed E-state index contributed by atoms with van der Waals surface area (Å²) in [5.74, 6) is -1.48. The molecule has 20 heavy (non-hydrogen) atoms. The van der Waals surface area contributed by atoms with Gasteiger partial charge in [-0.05, 0) is 12.0 Å². The summed E-state index contributed by atoms with van der Waals surface area (Å²) in [4.78, 5) is 26.4. The van der Waals surface area contributed by atoms with Crippen LogP contribution in [0.3, 0.4) is 0 Å². The second-order valence-electron chi connectivity index (χ2n) is 4.26. The summed E-state index contributed by atoms with van der Waals surface area (Å²) in [6.45, 7) is 1.93. The van der Waals surface area contributed by atoms with Gasteiger partial charge in [-0.25, -0.2) is 9.78 Å². The molecule has 2 N–H and O–H groups in total. The summed E-state index contributed by atoms with van der Waals surface area (Å²) < 4.78 is 1.72. The quantitative estimate of drug-likeness (QED) is 0.782. The molecule has 2 aromatic rings. The van der Waals surface area contributed by atoms with Gasteiger partial charge in [0.1, 0.15) is 4.88 Å². The first-order valence-corrected chi connectivity index (χ1v) is 6.75. The van der Waals surface area contributed by atoms with Crippen LogP contribution < -0.4 is 5.32 Å². The number of Topliss-reactive ketones (excluding diaryl/α,β-unsaturated/α-hetero) is 1. The number of hydrogen-bond acceptors (Lipinski definition) is 6. The van der Waals surface area contributed by atoms with Crippen LogP contribution in [0.15, 0.2) is 12.4 Å². The van der Waals surface area contributed by atoms with E-state index >= 15 is 0 Å². The van der Waals surface area contributed by atoms with E-state index in [9.17, 15) is 9.59 Å². The zero-order chi connectivity index (χ0) is 14.7. The van der Waals surface area contributed by atoms with E-state index in [-0.39, 0.29) is 16.4 Å². The number of carboxylic acids is 1. The highest BCUT2D eigenvalue weighted by Gasteiger charge is 2.20. The molecule has 0 spiro atoms. The third-order valence-electron chi connectivity index (χ3n) is 2.60. The van der Waals surface area contributed by atoms with Crippen molar-refractivity contribution in [1.29, 1.82) is 0 Å². The van der Waals surface area contributed by atoms with Gasteiger partial charge in [0.25, 0.3) is 0 Å². The van der Waals surface area contributed by atoms with Gasteiger partial charge in [-0.15, -0.1) is 0 Å². The number of rotatable bonds is 6. The van der Waals surface area contributed by atoms with E-state index < -0.39 is 5.97 Å². The van der Waals surface area contributed by atoms with Crippen molar-refractivity contribution < 1.29 is 14.7 Å². The van der Waals surface area contributed by atoms with Gasteiger partial charge >= 0.3 is 5.97 Å². The van der Waals surface area contributed by atoms with Gasteiger partial charge in [0.2, 0.25) is 0 Å². The van der Waals surface area contributed by atoms with E-state index in [1.54, 1.807) is 10.9 Å². The van der Waals surface area contributed by atoms with E-state index in [1.807, 2.05) is 13.2 Å². The van der Waals surface area contributed by atoms with Crippen LogP contribution >= 0.6 is 11.3 Å². The molecule has 0 aromatic carbocycles. The average Bonchev–Trinajstić information content (AvgIpc) is 2.96. The Morgan fingerprint density at radius 2 is 2.25 bits per heavy atom. The van der Waals surface area contributed by atoms with Crippen LogP contribution in [0.5, 0.6) is 0 Å². The highest BCUT2D eigenvalue weighted by molar-refractivity contribution is 7.17. The molecule has 0 fully saturated rings. The standard InChI is InChI=1S/C12H14N4O3S/c1-7(17)10-9(11(18)19)15-12(20-10)13-4-3-8-5-14-16(2)6-8/h5-6H,3-4H2,1-2H3,(H,13,15)(H,18,19). The number of carboxylic acid groups (broad SMARTS) is 1. The number of nitrogens with one attached hydrogen (secondary N) is 1. The Bertz CT molecular complexity index is 615. The van der Waals surface area contributed by atoms with Gasteiger partial charge in [-0.3, -0.25) is 9.48 Å². The largest absolute Gasteiger partial charge is 0.476 e. The number of hydrogen-bond donors (Lipinski definition) is 2. The third kappa shape index (κ3) is 3.21. The van der Waals surface area contributed by atoms with Gasteiger partial charge in [0.05, 0.1) is 6.20 Å². The molecule has 8 heteroatoms. The van der Waals surface area contributed by atoms with Crippen molar-refractivity contribution >= 4 is 28.2 Å². The van der Waals surface area contributed by atoms with E-state index in [4.69, 9.17) is 5.11 Å². The molecule has 0 radical (unpaired) electrons. The fourth-order valence-electron chi connectivity index (χ4n) is 1.69. The Balaban J connectivity index is 2.01.